The lowest BCUT2D eigenvalue weighted by Gasteiger charge is -2.44. The second-order valence-electron chi connectivity index (χ2n) is 10.6. The fourth-order valence-corrected chi connectivity index (χ4v) is 6.70. The Morgan fingerprint density at radius 1 is 1.21 bits per heavy atom. The maximum Gasteiger partial charge on any atom is 0.129 e. The van der Waals surface area contributed by atoms with Crippen LogP contribution in [0, 0.1) is 29.1 Å². The van der Waals surface area contributed by atoms with Gasteiger partial charge in [-0.05, 0) is 81.5 Å². The molecule has 29 heavy (non-hydrogen) atoms. The first-order valence-corrected chi connectivity index (χ1v) is 12.0. The van der Waals surface area contributed by atoms with Crippen LogP contribution in [0.4, 0.5) is 0 Å². The van der Waals surface area contributed by atoms with Crippen molar-refractivity contribution in [2.75, 3.05) is 0 Å². The van der Waals surface area contributed by atoms with E-state index in [0.29, 0.717) is 35.9 Å². The summed E-state index contributed by atoms with van der Waals surface area (Å²) in [5.41, 5.74) is 3.17. The van der Waals surface area contributed by atoms with Crippen molar-refractivity contribution < 1.29 is 15.0 Å². The molecule has 2 unspecified atom stereocenters. The van der Waals surface area contributed by atoms with Crippen molar-refractivity contribution in [1.29, 1.82) is 0 Å². The number of Topliss-reactive ketones (excluding diaryl/α,β-unsaturated/α-hetero) is 1. The third-order valence-corrected chi connectivity index (χ3v) is 8.60. The first-order chi connectivity index (χ1) is 13.7. The monoisotopic (exact) mass is 402 g/mol. The molecule has 0 aliphatic heterocycles. The van der Waals surface area contributed by atoms with Gasteiger partial charge in [0.1, 0.15) is 5.78 Å². The van der Waals surface area contributed by atoms with Crippen LogP contribution < -0.4 is 0 Å². The van der Waals surface area contributed by atoms with Gasteiger partial charge >= 0.3 is 0 Å². The number of hydrogen-bond donors (Lipinski definition) is 2. The molecule has 3 aliphatic rings. The third-order valence-electron chi connectivity index (χ3n) is 8.60. The van der Waals surface area contributed by atoms with Gasteiger partial charge in [0.2, 0.25) is 0 Å². The summed E-state index contributed by atoms with van der Waals surface area (Å²) in [7, 11) is 0. The van der Waals surface area contributed by atoms with Gasteiger partial charge in [0.15, 0.2) is 0 Å². The third kappa shape index (κ3) is 5.05. The van der Waals surface area contributed by atoms with Gasteiger partial charge in [-0.2, -0.15) is 0 Å². The van der Waals surface area contributed by atoms with Gasteiger partial charge in [0.05, 0.1) is 12.2 Å². The van der Waals surface area contributed by atoms with Crippen molar-refractivity contribution in [2.24, 2.45) is 29.1 Å². The van der Waals surface area contributed by atoms with E-state index in [9.17, 15) is 15.0 Å². The number of carbonyl (C=O) groups excluding carboxylic acids is 1. The lowest BCUT2D eigenvalue weighted by atomic mass is 9.60. The summed E-state index contributed by atoms with van der Waals surface area (Å²) in [4.78, 5) is 11.3. The first-order valence-electron chi connectivity index (χ1n) is 12.0. The largest absolute Gasteiger partial charge is 0.392 e. The molecule has 3 fully saturated rings. The Morgan fingerprint density at radius 3 is 2.55 bits per heavy atom. The SMILES string of the molecule is CC(=O)CCC[C@@H](C)C1CCC2/C(=C/C=C3C[C@@H](O)C(C)[C@H](O)C3)CCC[C@@]21C. The highest BCUT2D eigenvalue weighted by Gasteiger charge is 2.50. The summed E-state index contributed by atoms with van der Waals surface area (Å²) in [5, 5.41) is 20.4. The number of hydrogen-bond acceptors (Lipinski definition) is 3. The molecule has 164 valence electrons. The van der Waals surface area contributed by atoms with Crippen molar-refractivity contribution in [2.45, 2.75) is 104 Å². The maximum absolute atomic E-state index is 11.3. The lowest BCUT2D eigenvalue weighted by molar-refractivity contribution is -0.117. The minimum absolute atomic E-state index is 0.0298. The van der Waals surface area contributed by atoms with Crippen LogP contribution in [0.3, 0.4) is 0 Å². The number of carbonyl (C=O) groups is 1. The molecule has 3 nitrogen and oxygen atoms in total. The Morgan fingerprint density at radius 2 is 1.90 bits per heavy atom. The summed E-state index contributed by atoms with van der Waals surface area (Å²) in [5.74, 6) is 2.40. The van der Waals surface area contributed by atoms with Gasteiger partial charge in [-0.15, -0.1) is 0 Å². The second-order valence-corrected chi connectivity index (χ2v) is 10.6. The molecule has 3 saturated carbocycles. The summed E-state index contributed by atoms with van der Waals surface area (Å²) in [6.07, 6.45) is 14.4. The molecular weight excluding hydrogens is 360 g/mol. The number of aliphatic hydroxyl groups excluding tert-OH is 2. The molecular formula is C26H42O3. The van der Waals surface area contributed by atoms with E-state index in [0.717, 1.165) is 18.8 Å². The zero-order valence-corrected chi connectivity index (χ0v) is 19.0. The van der Waals surface area contributed by atoms with Crippen molar-refractivity contribution in [3.63, 3.8) is 0 Å². The Labute approximate surface area is 177 Å². The van der Waals surface area contributed by atoms with Gasteiger partial charge in [-0.3, -0.25) is 0 Å². The zero-order chi connectivity index (χ0) is 21.2. The first kappa shape index (κ1) is 22.7. The predicted octanol–water partition coefficient (Wildman–Crippen LogP) is 5.60. The molecule has 0 aromatic rings. The number of fused-ring (bicyclic) bond motifs is 1. The Kier molecular flexibility index (Phi) is 7.43. The summed E-state index contributed by atoms with van der Waals surface area (Å²) >= 11 is 0. The maximum atomic E-state index is 11.3. The zero-order valence-electron chi connectivity index (χ0n) is 19.0. The second kappa shape index (κ2) is 9.47. The van der Waals surface area contributed by atoms with E-state index < -0.39 is 12.2 Å². The van der Waals surface area contributed by atoms with Gasteiger partial charge in [0, 0.05) is 12.3 Å². The molecule has 6 atom stereocenters. The van der Waals surface area contributed by atoms with E-state index in [1.54, 1.807) is 12.5 Å². The summed E-state index contributed by atoms with van der Waals surface area (Å²) in [6.45, 7) is 8.57. The highest BCUT2D eigenvalue weighted by atomic mass is 16.3. The Balaban J connectivity index is 1.68. The van der Waals surface area contributed by atoms with E-state index in [1.807, 2.05) is 6.92 Å². The minimum Gasteiger partial charge on any atom is -0.392 e. The van der Waals surface area contributed by atoms with Gasteiger partial charge < -0.3 is 15.0 Å². The van der Waals surface area contributed by atoms with E-state index in [4.69, 9.17) is 0 Å². The topological polar surface area (TPSA) is 57.5 Å². The van der Waals surface area contributed by atoms with Crippen LogP contribution in [0.1, 0.15) is 91.9 Å². The van der Waals surface area contributed by atoms with E-state index >= 15 is 0 Å². The fourth-order valence-electron chi connectivity index (χ4n) is 6.70. The molecule has 0 amide bonds. The molecule has 0 spiro atoms. The van der Waals surface area contributed by atoms with Crippen LogP contribution in [0.2, 0.25) is 0 Å². The highest BCUT2D eigenvalue weighted by molar-refractivity contribution is 5.75. The smallest absolute Gasteiger partial charge is 0.129 e. The van der Waals surface area contributed by atoms with E-state index in [-0.39, 0.29) is 5.92 Å². The number of allylic oxidation sites excluding steroid dienone is 3. The van der Waals surface area contributed by atoms with Crippen molar-refractivity contribution >= 4 is 5.78 Å². The van der Waals surface area contributed by atoms with Gasteiger partial charge in [-0.1, -0.05) is 50.5 Å². The van der Waals surface area contributed by atoms with E-state index in [2.05, 4.69) is 26.0 Å². The molecule has 0 aromatic carbocycles. The van der Waals surface area contributed by atoms with Crippen molar-refractivity contribution in [3.8, 4) is 0 Å². The molecule has 2 N–H and O–H groups in total. The van der Waals surface area contributed by atoms with Crippen LogP contribution in [0.15, 0.2) is 23.3 Å². The number of rotatable bonds is 6. The Bertz CT molecular complexity index is 634. The molecule has 0 aromatic heterocycles. The average molecular weight is 403 g/mol. The van der Waals surface area contributed by atoms with Crippen LogP contribution in [-0.4, -0.2) is 28.2 Å². The standard InChI is InChI=1S/C26H42O3/c1-17(7-5-8-18(2)27)22-12-13-23-21(9-6-14-26(22,23)4)11-10-20-15-24(28)19(3)25(29)16-20/h10-11,17,19,22-25,28-29H,5-9,12-16H2,1-4H3/b20-10?,21-11+/t17-,19?,22?,23?,24-,25-,26-/m1/s1. The van der Waals surface area contributed by atoms with Crippen LogP contribution in [0.25, 0.3) is 0 Å². The normalized spacial score (nSPS) is 40.0. The molecule has 3 rings (SSSR count). The molecule has 0 bridgehead atoms. The van der Waals surface area contributed by atoms with Crippen LogP contribution >= 0.6 is 0 Å². The van der Waals surface area contributed by atoms with Crippen LogP contribution in [0.5, 0.6) is 0 Å². The van der Waals surface area contributed by atoms with E-state index in [1.165, 1.54) is 44.1 Å². The predicted molar refractivity (Wildman–Crippen MR) is 118 cm³/mol. The van der Waals surface area contributed by atoms with Crippen molar-refractivity contribution in [3.05, 3.63) is 23.3 Å². The van der Waals surface area contributed by atoms with Crippen LogP contribution in [-0.2, 0) is 4.79 Å². The number of ketones is 1. The molecule has 3 heteroatoms. The quantitative estimate of drug-likeness (QED) is 0.608. The van der Waals surface area contributed by atoms with Gasteiger partial charge in [-0.25, -0.2) is 0 Å². The summed E-state index contributed by atoms with van der Waals surface area (Å²) in [6, 6.07) is 0. The molecule has 0 saturated heterocycles. The molecule has 0 heterocycles. The minimum atomic E-state index is -0.424. The number of aliphatic hydroxyl groups is 2. The van der Waals surface area contributed by atoms with Crippen molar-refractivity contribution in [1.82, 2.24) is 0 Å². The van der Waals surface area contributed by atoms with Gasteiger partial charge in [0.25, 0.3) is 0 Å². The average Bonchev–Trinajstić information content (AvgIpc) is 3.01. The molecule has 0 radical (unpaired) electrons. The Hall–Kier alpha value is -0.930. The molecule has 3 aliphatic carbocycles. The fraction of sp³-hybridized carbons (Fsp3) is 0.808. The lowest BCUT2D eigenvalue weighted by Crippen LogP contribution is -2.36. The summed E-state index contributed by atoms with van der Waals surface area (Å²) < 4.78 is 0. The highest BCUT2D eigenvalue weighted by Crippen LogP contribution is 2.59.